The van der Waals surface area contributed by atoms with Gasteiger partial charge in [0.1, 0.15) is 0 Å². The van der Waals surface area contributed by atoms with Crippen LogP contribution < -0.4 is 14.8 Å². The molecule has 1 heterocycles. The van der Waals surface area contributed by atoms with Gasteiger partial charge in [0.25, 0.3) is 0 Å². The number of ether oxygens (including phenoxy) is 2. The van der Waals surface area contributed by atoms with Gasteiger partial charge in [-0.05, 0) is 49.2 Å². The zero-order chi connectivity index (χ0) is 16.4. The lowest BCUT2D eigenvalue weighted by molar-refractivity contribution is -0.113. The number of carbonyl (C=O) groups is 1. The van der Waals surface area contributed by atoms with Crippen molar-refractivity contribution in [1.82, 2.24) is 0 Å². The Kier molecular flexibility index (Phi) is 4.82. The van der Waals surface area contributed by atoms with E-state index in [0.717, 1.165) is 20.5 Å². The Hall–Kier alpha value is -1.66. The minimum atomic E-state index is -0.0474. The number of hydrogen-bond donors (Lipinski definition) is 1. The Morgan fingerprint density at radius 1 is 1.17 bits per heavy atom. The van der Waals surface area contributed by atoms with E-state index in [-0.39, 0.29) is 12.7 Å². The maximum absolute atomic E-state index is 12.1. The number of halogens is 1. The number of hydrogen-bond acceptors (Lipinski definition) is 4. The van der Waals surface area contributed by atoms with E-state index in [9.17, 15) is 4.79 Å². The van der Waals surface area contributed by atoms with E-state index in [0.29, 0.717) is 22.9 Å². The van der Waals surface area contributed by atoms with E-state index in [4.69, 9.17) is 9.47 Å². The van der Waals surface area contributed by atoms with E-state index in [2.05, 4.69) is 33.4 Å². The summed E-state index contributed by atoms with van der Waals surface area (Å²) >= 11 is 5.05. The summed E-state index contributed by atoms with van der Waals surface area (Å²) in [4.78, 5) is 13.3. The number of nitrogens with one attached hydrogen (secondary N) is 1. The van der Waals surface area contributed by atoms with Gasteiger partial charge in [-0.2, -0.15) is 0 Å². The first kappa shape index (κ1) is 16.2. The van der Waals surface area contributed by atoms with E-state index in [1.54, 1.807) is 12.1 Å². The molecule has 0 saturated carbocycles. The molecule has 0 radical (unpaired) electrons. The van der Waals surface area contributed by atoms with Crippen molar-refractivity contribution in [1.29, 1.82) is 0 Å². The van der Waals surface area contributed by atoms with Gasteiger partial charge in [0, 0.05) is 21.1 Å². The summed E-state index contributed by atoms with van der Waals surface area (Å²) in [6, 6.07) is 9.56. The Morgan fingerprint density at radius 3 is 2.78 bits per heavy atom. The van der Waals surface area contributed by atoms with Crippen molar-refractivity contribution in [3.63, 3.8) is 0 Å². The average Bonchev–Trinajstić information content (AvgIpc) is 2.97. The summed E-state index contributed by atoms with van der Waals surface area (Å²) in [6.45, 7) is 4.31. The molecule has 0 saturated heterocycles. The SMILES string of the molecule is Cc1cc(SCC(=O)Nc2ccc3c(c2)OCO3)c(C)cc1Br. The van der Waals surface area contributed by atoms with Crippen LogP contribution in [0.25, 0.3) is 0 Å². The van der Waals surface area contributed by atoms with Gasteiger partial charge >= 0.3 is 0 Å². The molecule has 0 spiro atoms. The van der Waals surface area contributed by atoms with E-state index in [1.807, 2.05) is 19.9 Å². The van der Waals surface area contributed by atoms with Crippen molar-refractivity contribution >= 4 is 39.3 Å². The Labute approximate surface area is 147 Å². The van der Waals surface area contributed by atoms with E-state index >= 15 is 0 Å². The first-order chi connectivity index (χ1) is 11.0. The summed E-state index contributed by atoms with van der Waals surface area (Å²) in [5.74, 6) is 1.68. The van der Waals surface area contributed by atoms with Crippen molar-refractivity contribution < 1.29 is 14.3 Å². The molecule has 1 aliphatic rings. The molecule has 4 nitrogen and oxygen atoms in total. The lowest BCUT2D eigenvalue weighted by Crippen LogP contribution is -2.14. The molecule has 6 heteroatoms. The summed E-state index contributed by atoms with van der Waals surface area (Å²) in [5.41, 5.74) is 3.03. The number of thioether (sulfide) groups is 1. The van der Waals surface area contributed by atoms with E-state index < -0.39 is 0 Å². The van der Waals surface area contributed by atoms with Gasteiger partial charge in [-0.1, -0.05) is 15.9 Å². The monoisotopic (exact) mass is 393 g/mol. The molecule has 2 aromatic carbocycles. The quantitative estimate of drug-likeness (QED) is 0.775. The molecule has 0 fully saturated rings. The molecule has 2 aromatic rings. The molecule has 23 heavy (non-hydrogen) atoms. The molecule has 1 N–H and O–H groups in total. The van der Waals surface area contributed by atoms with Crippen LogP contribution in [0.5, 0.6) is 11.5 Å². The molecule has 0 aliphatic carbocycles. The van der Waals surface area contributed by atoms with Gasteiger partial charge in [-0.15, -0.1) is 11.8 Å². The third-order valence-electron chi connectivity index (χ3n) is 3.47. The lowest BCUT2D eigenvalue weighted by atomic mass is 10.2. The summed E-state index contributed by atoms with van der Waals surface area (Å²) in [5, 5.41) is 2.88. The summed E-state index contributed by atoms with van der Waals surface area (Å²) in [6.07, 6.45) is 0. The Morgan fingerprint density at radius 2 is 1.96 bits per heavy atom. The zero-order valence-corrected chi connectivity index (χ0v) is 15.2. The maximum Gasteiger partial charge on any atom is 0.234 e. The highest BCUT2D eigenvalue weighted by Crippen LogP contribution is 2.34. The number of aryl methyl sites for hydroxylation is 2. The van der Waals surface area contributed by atoms with Crippen LogP contribution in [0, 0.1) is 13.8 Å². The summed E-state index contributed by atoms with van der Waals surface area (Å²) in [7, 11) is 0. The van der Waals surface area contributed by atoms with Crippen LogP contribution in [0.2, 0.25) is 0 Å². The molecule has 120 valence electrons. The summed E-state index contributed by atoms with van der Waals surface area (Å²) < 4.78 is 11.6. The highest BCUT2D eigenvalue weighted by atomic mass is 79.9. The van der Waals surface area contributed by atoms with Crippen molar-refractivity contribution in [3.8, 4) is 11.5 Å². The first-order valence-electron chi connectivity index (χ1n) is 7.12. The van der Waals surface area contributed by atoms with Gasteiger partial charge in [0.2, 0.25) is 12.7 Å². The van der Waals surface area contributed by atoms with Crippen molar-refractivity contribution in [2.24, 2.45) is 0 Å². The average molecular weight is 394 g/mol. The largest absolute Gasteiger partial charge is 0.454 e. The minimum Gasteiger partial charge on any atom is -0.454 e. The van der Waals surface area contributed by atoms with Crippen LogP contribution in [-0.4, -0.2) is 18.5 Å². The third kappa shape index (κ3) is 3.82. The standard InChI is InChI=1S/C17H16BrNO3S/c1-10-6-16(11(2)5-13(10)18)23-8-17(20)19-12-3-4-14-15(7-12)22-9-21-14/h3-7H,8-9H2,1-2H3,(H,19,20). The smallest absolute Gasteiger partial charge is 0.234 e. The van der Waals surface area contributed by atoms with Crippen molar-refractivity contribution in [3.05, 3.63) is 45.9 Å². The molecular weight excluding hydrogens is 378 g/mol. The molecule has 0 atom stereocenters. The van der Waals surface area contributed by atoms with Gasteiger partial charge in [0.15, 0.2) is 11.5 Å². The second kappa shape index (κ2) is 6.84. The number of rotatable bonds is 4. The maximum atomic E-state index is 12.1. The van der Waals surface area contributed by atoms with Crippen molar-refractivity contribution in [2.45, 2.75) is 18.7 Å². The molecule has 0 unspecified atom stereocenters. The molecule has 0 aromatic heterocycles. The first-order valence-corrected chi connectivity index (χ1v) is 8.90. The normalized spacial score (nSPS) is 12.3. The number of carbonyl (C=O) groups excluding carboxylic acids is 1. The highest BCUT2D eigenvalue weighted by Gasteiger charge is 2.14. The van der Waals surface area contributed by atoms with Crippen LogP contribution in [0.15, 0.2) is 39.7 Å². The number of fused-ring (bicyclic) bond motifs is 1. The topological polar surface area (TPSA) is 47.6 Å². The van der Waals surface area contributed by atoms with Crippen LogP contribution in [0.4, 0.5) is 5.69 Å². The number of amides is 1. The van der Waals surface area contributed by atoms with E-state index in [1.165, 1.54) is 11.8 Å². The van der Waals surface area contributed by atoms with Gasteiger partial charge in [0.05, 0.1) is 5.75 Å². The molecule has 0 bridgehead atoms. The van der Waals surface area contributed by atoms with Gasteiger partial charge in [-0.3, -0.25) is 4.79 Å². The number of benzene rings is 2. The molecule has 3 rings (SSSR count). The second-order valence-electron chi connectivity index (χ2n) is 5.27. The van der Waals surface area contributed by atoms with Crippen LogP contribution in [0.3, 0.4) is 0 Å². The fraction of sp³-hybridized carbons (Fsp3) is 0.235. The molecule has 1 aliphatic heterocycles. The van der Waals surface area contributed by atoms with Gasteiger partial charge < -0.3 is 14.8 Å². The van der Waals surface area contributed by atoms with Crippen LogP contribution >= 0.6 is 27.7 Å². The molecule has 1 amide bonds. The fourth-order valence-electron chi connectivity index (χ4n) is 2.22. The van der Waals surface area contributed by atoms with Crippen LogP contribution in [-0.2, 0) is 4.79 Å². The lowest BCUT2D eigenvalue weighted by Gasteiger charge is -2.09. The predicted molar refractivity (Wildman–Crippen MR) is 95.5 cm³/mol. The Bertz CT molecular complexity index is 764. The van der Waals surface area contributed by atoms with Gasteiger partial charge in [-0.25, -0.2) is 0 Å². The minimum absolute atomic E-state index is 0.0474. The van der Waals surface area contributed by atoms with Crippen LogP contribution in [0.1, 0.15) is 11.1 Å². The number of anilines is 1. The second-order valence-corrected chi connectivity index (χ2v) is 7.14. The Balaban J connectivity index is 1.61. The predicted octanol–water partition coefficient (Wildman–Crippen LogP) is 4.53. The zero-order valence-electron chi connectivity index (χ0n) is 12.8. The van der Waals surface area contributed by atoms with Crippen molar-refractivity contribution in [2.75, 3.05) is 17.9 Å². The fourth-order valence-corrected chi connectivity index (χ4v) is 3.59. The third-order valence-corrected chi connectivity index (χ3v) is 5.48. The molecular formula is C17H16BrNO3S. The highest BCUT2D eigenvalue weighted by molar-refractivity contribution is 9.10.